The highest BCUT2D eigenvalue weighted by molar-refractivity contribution is 7.91. The lowest BCUT2D eigenvalue weighted by molar-refractivity contribution is -0.122. The Morgan fingerprint density at radius 1 is 1.25 bits per heavy atom. The molecule has 0 aliphatic carbocycles. The second kappa shape index (κ2) is 9.41. The highest BCUT2D eigenvalue weighted by Gasteiger charge is 2.20. The normalized spacial score (nSPS) is 18.5. The number of nitrogens with one attached hydrogen (secondary N) is 3. The second-order valence-electron chi connectivity index (χ2n) is 8.04. The third kappa shape index (κ3) is 6.51. The number of piperidine rings is 1. The van der Waals surface area contributed by atoms with Crippen LogP contribution in [0.3, 0.4) is 0 Å². The SMILES string of the molecule is CCNC(=NCCS(=O)(=O)c1ccc(C(C)(C)C)cc1)NC1CCC(=O)NC1. The van der Waals surface area contributed by atoms with E-state index in [0.717, 1.165) is 12.0 Å². The first kappa shape index (κ1) is 22.2. The molecule has 1 fully saturated rings. The fourth-order valence-electron chi connectivity index (χ4n) is 2.93. The fraction of sp³-hybridized carbons (Fsp3) is 0.600. The summed E-state index contributed by atoms with van der Waals surface area (Å²) in [5, 5.41) is 9.20. The molecule has 0 radical (unpaired) electrons. The molecule has 8 heteroatoms. The molecule has 28 heavy (non-hydrogen) atoms. The van der Waals surface area contributed by atoms with Crippen molar-refractivity contribution in [3.63, 3.8) is 0 Å². The maximum atomic E-state index is 12.6. The molecule has 1 aromatic carbocycles. The lowest BCUT2D eigenvalue weighted by Crippen LogP contribution is -2.51. The topological polar surface area (TPSA) is 99.7 Å². The Kier molecular flexibility index (Phi) is 7.46. The van der Waals surface area contributed by atoms with Crippen LogP contribution in [-0.2, 0) is 20.0 Å². The Morgan fingerprint density at radius 3 is 2.46 bits per heavy atom. The van der Waals surface area contributed by atoms with Gasteiger partial charge in [0.05, 0.1) is 17.2 Å². The summed E-state index contributed by atoms with van der Waals surface area (Å²) in [6.07, 6.45) is 1.21. The maximum absolute atomic E-state index is 12.6. The van der Waals surface area contributed by atoms with Gasteiger partial charge in [-0.1, -0.05) is 32.9 Å². The molecule has 1 aliphatic rings. The summed E-state index contributed by atoms with van der Waals surface area (Å²) in [6.45, 7) is 9.62. The first-order valence-corrected chi connectivity index (χ1v) is 11.4. The van der Waals surface area contributed by atoms with Gasteiger partial charge in [-0.15, -0.1) is 0 Å². The highest BCUT2D eigenvalue weighted by atomic mass is 32.2. The number of hydrogen-bond acceptors (Lipinski definition) is 4. The van der Waals surface area contributed by atoms with Crippen molar-refractivity contribution in [1.82, 2.24) is 16.0 Å². The van der Waals surface area contributed by atoms with Crippen molar-refractivity contribution in [2.75, 3.05) is 25.4 Å². The van der Waals surface area contributed by atoms with E-state index >= 15 is 0 Å². The zero-order valence-electron chi connectivity index (χ0n) is 17.2. The van der Waals surface area contributed by atoms with E-state index in [4.69, 9.17) is 0 Å². The number of carbonyl (C=O) groups is 1. The lowest BCUT2D eigenvalue weighted by Gasteiger charge is -2.25. The monoisotopic (exact) mass is 408 g/mol. The summed E-state index contributed by atoms with van der Waals surface area (Å²) in [6, 6.07) is 7.19. The molecule has 1 aliphatic heterocycles. The van der Waals surface area contributed by atoms with E-state index in [2.05, 4.69) is 41.7 Å². The zero-order chi connectivity index (χ0) is 20.8. The van der Waals surface area contributed by atoms with Crippen molar-refractivity contribution in [1.29, 1.82) is 0 Å². The quantitative estimate of drug-likeness (QED) is 0.490. The van der Waals surface area contributed by atoms with Crippen molar-refractivity contribution < 1.29 is 13.2 Å². The number of nitrogens with zero attached hydrogens (tertiary/aromatic N) is 1. The van der Waals surface area contributed by atoms with Crippen LogP contribution in [0, 0.1) is 0 Å². The minimum absolute atomic E-state index is 0.0163. The first-order valence-electron chi connectivity index (χ1n) is 9.76. The van der Waals surface area contributed by atoms with E-state index < -0.39 is 9.84 Å². The third-order valence-electron chi connectivity index (χ3n) is 4.66. The van der Waals surface area contributed by atoms with E-state index in [1.165, 1.54) is 0 Å². The molecule has 1 saturated heterocycles. The van der Waals surface area contributed by atoms with Gasteiger partial charge in [-0.05, 0) is 36.5 Å². The van der Waals surface area contributed by atoms with E-state index in [-0.39, 0.29) is 29.7 Å². The van der Waals surface area contributed by atoms with Crippen LogP contribution in [0.5, 0.6) is 0 Å². The molecule has 0 aromatic heterocycles. The molecule has 1 atom stereocenters. The number of benzene rings is 1. The van der Waals surface area contributed by atoms with Crippen LogP contribution in [0.4, 0.5) is 0 Å². The summed E-state index contributed by atoms with van der Waals surface area (Å²) in [7, 11) is -3.39. The third-order valence-corrected chi connectivity index (χ3v) is 6.37. The van der Waals surface area contributed by atoms with E-state index in [1.807, 2.05) is 19.1 Å². The number of hydrogen-bond donors (Lipinski definition) is 3. The van der Waals surface area contributed by atoms with Crippen LogP contribution >= 0.6 is 0 Å². The molecule has 3 N–H and O–H groups in total. The molecule has 7 nitrogen and oxygen atoms in total. The number of amides is 1. The average molecular weight is 409 g/mol. The number of aliphatic imine (C=N–C) groups is 1. The van der Waals surface area contributed by atoms with Crippen LogP contribution in [0.2, 0.25) is 0 Å². The lowest BCUT2D eigenvalue weighted by atomic mass is 9.87. The van der Waals surface area contributed by atoms with Gasteiger partial charge >= 0.3 is 0 Å². The summed E-state index contributed by atoms with van der Waals surface area (Å²) in [5.41, 5.74) is 1.08. The Morgan fingerprint density at radius 2 is 1.93 bits per heavy atom. The molecule has 1 heterocycles. The number of rotatable bonds is 6. The van der Waals surface area contributed by atoms with Gasteiger partial charge in [-0.25, -0.2) is 8.42 Å². The summed E-state index contributed by atoms with van der Waals surface area (Å²) in [5.74, 6) is 0.574. The fourth-order valence-corrected chi connectivity index (χ4v) is 4.05. The van der Waals surface area contributed by atoms with Gasteiger partial charge in [-0.2, -0.15) is 0 Å². The Hall–Kier alpha value is -2.09. The van der Waals surface area contributed by atoms with Crippen LogP contribution in [0.1, 0.15) is 46.1 Å². The molecule has 1 aromatic rings. The molecule has 156 valence electrons. The van der Waals surface area contributed by atoms with Gasteiger partial charge < -0.3 is 16.0 Å². The predicted octanol–water partition coefficient (Wildman–Crippen LogP) is 1.59. The van der Waals surface area contributed by atoms with Crippen LogP contribution in [0.25, 0.3) is 0 Å². The molecular weight excluding hydrogens is 376 g/mol. The molecule has 0 saturated carbocycles. The standard InChI is InChI=1S/C20H32N4O3S/c1-5-21-19(24-16-8-11-18(25)23-14-16)22-12-13-28(26,27)17-9-6-15(7-10-17)20(2,3)4/h6-7,9-10,16H,5,8,11-14H2,1-4H3,(H,23,25)(H2,21,22,24). The Bertz CT molecular complexity index is 786. The van der Waals surface area contributed by atoms with E-state index in [1.54, 1.807) is 12.1 Å². The minimum atomic E-state index is -3.39. The molecule has 1 unspecified atom stereocenters. The van der Waals surface area contributed by atoms with Crippen LogP contribution in [-0.4, -0.2) is 51.7 Å². The molecule has 1 amide bonds. The molecule has 0 spiro atoms. The maximum Gasteiger partial charge on any atom is 0.220 e. The summed E-state index contributed by atoms with van der Waals surface area (Å²) in [4.78, 5) is 16.0. The van der Waals surface area contributed by atoms with Gasteiger partial charge in [-0.3, -0.25) is 9.79 Å². The predicted molar refractivity (Wildman–Crippen MR) is 112 cm³/mol. The zero-order valence-corrected chi connectivity index (χ0v) is 18.0. The molecular formula is C20H32N4O3S. The molecule has 0 bridgehead atoms. The van der Waals surface area contributed by atoms with Crippen LogP contribution < -0.4 is 16.0 Å². The van der Waals surface area contributed by atoms with Crippen LogP contribution in [0.15, 0.2) is 34.2 Å². The Balaban J connectivity index is 1.97. The number of sulfone groups is 1. The van der Waals surface area contributed by atoms with Crippen molar-refractivity contribution in [2.24, 2.45) is 4.99 Å². The summed E-state index contributed by atoms with van der Waals surface area (Å²) >= 11 is 0. The average Bonchev–Trinajstić information content (AvgIpc) is 2.63. The van der Waals surface area contributed by atoms with Crippen molar-refractivity contribution >= 4 is 21.7 Å². The smallest absolute Gasteiger partial charge is 0.220 e. The van der Waals surface area contributed by atoms with Crippen molar-refractivity contribution in [3.8, 4) is 0 Å². The molecule has 2 rings (SSSR count). The largest absolute Gasteiger partial charge is 0.357 e. The Labute approximate surface area is 168 Å². The van der Waals surface area contributed by atoms with Gasteiger partial charge in [0.15, 0.2) is 15.8 Å². The second-order valence-corrected chi connectivity index (χ2v) is 10.1. The number of guanidine groups is 1. The van der Waals surface area contributed by atoms with Gasteiger partial charge in [0.2, 0.25) is 5.91 Å². The van der Waals surface area contributed by atoms with Gasteiger partial charge in [0, 0.05) is 25.6 Å². The first-order chi connectivity index (χ1) is 13.1. The van der Waals surface area contributed by atoms with Crippen molar-refractivity contribution in [2.45, 2.75) is 56.9 Å². The van der Waals surface area contributed by atoms with E-state index in [9.17, 15) is 13.2 Å². The van der Waals surface area contributed by atoms with Crippen molar-refractivity contribution in [3.05, 3.63) is 29.8 Å². The highest BCUT2D eigenvalue weighted by Crippen LogP contribution is 2.23. The van der Waals surface area contributed by atoms with Gasteiger partial charge in [0.1, 0.15) is 0 Å². The summed E-state index contributed by atoms with van der Waals surface area (Å²) < 4.78 is 25.2. The van der Waals surface area contributed by atoms with Gasteiger partial charge in [0.25, 0.3) is 0 Å². The number of carbonyl (C=O) groups excluding carboxylic acids is 1. The minimum Gasteiger partial charge on any atom is -0.357 e. The van der Waals surface area contributed by atoms with E-state index in [0.29, 0.717) is 30.4 Å².